The fourth-order valence-electron chi connectivity index (χ4n) is 3.07. The molecule has 0 atom stereocenters. The Labute approximate surface area is 149 Å². The molecule has 1 amide bonds. The summed E-state index contributed by atoms with van der Waals surface area (Å²) in [5.74, 6) is 1.96. The number of thiocarbonyl (C=S) groups is 1. The van der Waals surface area contributed by atoms with Gasteiger partial charge in [-0.25, -0.2) is 0 Å². The Balaban J connectivity index is 1.82. The van der Waals surface area contributed by atoms with Gasteiger partial charge in [0.15, 0.2) is 5.11 Å². The van der Waals surface area contributed by atoms with Crippen molar-refractivity contribution < 1.29 is 14.3 Å². The first-order valence-corrected chi connectivity index (χ1v) is 8.86. The Morgan fingerprint density at radius 2 is 1.96 bits per heavy atom. The van der Waals surface area contributed by atoms with Crippen LogP contribution in [0, 0.1) is 5.92 Å². The quantitative estimate of drug-likeness (QED) is 0.763. The summed E-state index contributed by atoms with van der Waals surface area (Å²) in [6, 6.07) is 5.36. The average Bonchev–Trinajstić information content (AvgIpc) is 2.60. The predicted molar refractivity (Wildman–Crippen MR) is 99.7 cm³/mol. The summed E-state index contributed by atoms with van der Waals surface area (Å²) in [6.07, 6.45) is 7.87. The van der Waals surface area contributed by atoms with E-state index >= 15 is 0 Å². The molecule has 1 aliphatic carbocycles. The van der Waals surface area contributed by atoms with E-state index in [4.69, 9.17) is 21.7 Å². The van der Waals surface area contributed by atoms with E-state index < -0.39 is 0 Å². The SMILES string of the molecule is COc1ccc(OC)c(NC(=S)NC(=O)CCC2CCCCC2)c1. The number of ether oxygens (including phenoxy) is 2. The maximum absolute atomic E-state index is 12.1. The highest BCUT2D eigenvalue weighted by molar-refractivity contribution is 7.80. The van der Waals surface area contributed by atoms with Gasteiger partial charge in [0.1, 0.15) is 11.5 Å². The van der Waals surface area contributed by atoms with Gasteiger partial charge in [0, 0.05) is 12.5 Å². The smallest absolute Gasteiger partial charge is 0.226 e. The van der Waals surface area contributed by atoms with Gasteiger partial charge in [-0.3, -0.25) is 4.79 Å². The molecular formula is C18H26N2O3S. The highest BCUT2D eigenvalue weighted by atomic mass is 32.1. The van der Waals surface area contributed by atoms with E-state index in [0.29, 0.717) is 29.5 Å². The Morgan fingerprint density at radius 1 is 1.21 bits per heavy atom. The minimum atomic E-state index is -0.0417. The standard InChI is InChI=1S/C18H26N2O3S/c1-22-14-9-10-16(23-2)15(12-14)19-18(24)20-17(21)11-8-13-6-4-3-5-7-13/h9-10,12-13H,3-8,11H2,1-2H3,(H2,19,20,21,24). The minimum Gasteiger partial charge on any atom is -0.497 e. The summed E-state index contributed by atoms with van der Waals surface area (Å²) < 4.78 is 10.5. The van der Waals surface area contributed by atoms with Crippen LogP contribution in [0.25, 0.3) is 0 Å². The molecule has 5 nitrogen and oxygen atoms in total. The number of nitrogens with one attached hydrogen (secondary N) is 2. The molecule has 132 valence electrons. The Morgan fingerprint density at radius 3 is 2.62 bits per heavy atom. The first-order chi connectivity index (χ1) is 11.6. The third kappa shape index (κ3) is 5.67. The van der Waals surface area contributed by atoms with Gasteiger partial charge >= 0.3 is 0 Å². The minimum absolute atomic E-state index is 0.0417. The second-order valence-corrected chi connectivity index (χ2v) is 6.52. The van der Waals surface area contributed by atoms with Crippen LogP contribution >= 0.6 is 12.2 Å². The summed E-state index contributed by atoms with van der Waals surface area (Å²) in [7, 11) is 3.18. The molecule has 0 saturated heterocycles. The third-order valence-electron chi connectivity index (χ3n) is 4.41. The molecule has 24 heavy (non-hydrogen) atoms. The average molecular weight is 350 g/mol. The molecule has 0 spiro atoms. The molecule has 0 heterocycles. The summed E-state index contributed by atoms with van der Waals surface area (Å²) in [4.78, 5) is 12.1. The van der Waals surface area contributed by atoms with Crippen molar-refractivity contribution in [2.45, 2.75) is 44.9 Å². The largest absolute Gasteiger partial charge is 0.497 e. The lowest BCUT2D eigenvalue weighted by Crippen LogP contribution is -2.34. The van der Waals surface area contributed by atoms with E-state index in [0.717, 1.165) is 6.42 Å². The molecule has 0 aromatic heterocycles. The molecule has 0 radical (unpaired) electrons. The van der Waals surface area contributed by atoms with Gasteiger partial charge in [-0.15, -0.1) is 0 Å². The van der Waals surface area contributed by atoms with Gasteiger partial charge in [0.2, 0.25) is 5.91 Å². The molecular weight excluding hydrogens is 324 g/mol. The monoisotopic (exact) mass is 350 g/mol. The number of carbonyl (C=O) groups is 1. The van der Waals surface area contributed by atoms with E-state index in [1.165, 1.54) is 32.1 Å². The van der Waals surface area contributed by atoms with Gasteiger partial charge in [0.25, 0.3) is 0 Å². The number of anilines is 1. The first kappa shape index (κ1) is 18.5. The summed E-state index contributed by atoms with van der Waals surface area (Å²) >= 11 is 5.23. The van der Waals surface area contributed by atoms with Crippen molar-refractivity contribution in [3.05, 3.63) is 18.2 Å². The van der Waals surface area contributed by atoms with E-state index in [1.807, 2.05) is 0 Å². The Bertz CT molecular complexity index is 571. The number of hydrogen-bond acceptors (Lipinski definition) is 4. The van der Waals surface area contributed by atoms with Crippen molar-refractivity contribution in [3.8, 4) is 11.5 Å². The molecule has 1 aliphatic rings. The summed E-state index contributed by atoms with van der Waals surface area (Å²) in [5.41, 5.74) is 0.662. The lowest BCUT2D eigenvalue weighted by Gasteiger charge is -2.21. The molecule has 0 aliphatic heterocycles. The molecule has 1 fully saturated rings. The maximum atomic E-state index is 12.1. The van der Waals surface area contributed by atoms with Gasteiger partial charge in [0.05, 0.1) is 19.9 Å². The van der Waals surface area contributed by atoms with Crippen LogP contribution in [-0.2, 0) is 4.79 Å². The van der Waals surface area contributed by atoms with Crippen molar-refractivity contribution in [3.63, 3.8) is 0 Å². The number of rotatable bonds is 6. The van der Waals surface area contributed by atoms with Crippen molar-refractivity contribution in [1.29, 1.82) is 0 Å². The fraction of sp³-hybridized carbons (Fsp3) is 0.556. The number of amides is 1. The van der Waals surface area contributed by atoms with Gasteiger partial charge < -0.3 is 20.1 Å². The Hall–Kier alpha value is -1.82. The van der Waals surface area contributed by atoms with Crippen molar-refractivity contribution in [1.82, 2.24) is 5.32 Å². The van der Waals surface area contributed by atoms with Crippen LogP contribution in [0.4, 0.5) is 5.69 Å². The van der Waals surface area contributed by atoms with Crippen LogP contribution in [0.3, 0.4) is 0 Å². The highest BCUT2D eigenvalue weighted by Gasteiger charge is 2.15. The topological polar surface area (TPSA) is 59.6 Å². The predicted octanol–water partition coefficient (Wildman–Crippen LogP) is 3.88. The van der Waals surface area contributed by atoms with E-state index in [1.54, 1.807) is 32.4 Å². The van der Waals surface area contributed by atoms with Crippen molar-refractivity contribution in [2.24, 2.45) is 5.92 Å². The fourth-order valence-corrected chi connectivity index (χ4v) is 3.29. The van der Waals surface area contributed by atoms with Crippen molar-refractivity contribution in [2.75, 3.05) is 19.5 Å². The van der Waals surface area contributed by atoms with Crippen LogP contribution in [0.1, 0.15) is 44.9 Å². The molecule has 2 rings (SSSR count). The van der Waals surface area contributed by atoms with Crippen LogP contribution in [-0.4, -0.2) is 25.2 Å². The molecule has 0 unspecified atom stereocenters. The zero-order valence-corrected chi connectivity index (χ0v) is 15.2. The zero-order valence-electron chi connectivity index (χ0n) is 14.4. The Kier molecular flexibility index (Phi) is 7.31. The first-order valence-electron chi connectivity index (χ1n) is 8.45. The van der Waals surface area contributed by atoms with Gasteiger partial charge in [-0.05, 0) is 36.7 Å². The summed E-state index contributed by atoms with van der Waals surface area (Å²) in [5, 5.41) is 6.01. The number of carbonyl (C=O) groups excluding carboxylic acids is 1. The maximum Gasteiger partial charge on any atom is 0.226 e. The summed E-state index contributed by atoms with van der Waals surface area (Å²) in [6.45, 7) is 0. The third-order valence-corrected chi connectivity index (χ3v) is 4.62. The van der Waals surface area contributed by atoms with Gasteiger partial charge in [-0.2, -0.15) is 0 Å². The second-order valence-electron chi connectivity index (χ2n) is 6.11. The number of hydrogen-bond donors (Lipinski definition) is 2. The lowest BCUT2D eigenvalue weighted by atomic mass is 9.86. The zero-order chi connectivity index (χ0) is 17.4. The molecule has 0 bridgehead atoms. The van der Waals surface area contributed by atoms with E-state index in [9.17, 15) is 4.79 Å². The number of methoxy groups -OCH3 is 2. The molecule has 1 aromatic rings. The number of benzene rings is 1. The molecule has 1 aromatic carbocycles. The molecule has 1 saturated carbocycles. The van der Waals surface area contributed by atoms with Crippen molar-refractivity contribution >= 4 is 28.9 Å². The van der Waals surface area contributed by atoms with Crippen LogP contribution < -0.4 is 20.1 Å². The normalized spacial score (nSPS) is 14.8. The van der Waals surface area contributed by atoms with Crippen LogP contribution in [0.2, 0.25) is 0 Å². The van der Waals surface area contributed by atoms with Crippen LogP contribution in [0.5, 0.6) is 11.5 Å². The lowest BCUT2D eigenvalue weighted by molar-refractivity contribution is -0.120. The van der Waals surface area contributed by atoms with Crippen LogP contribution in [0.15, 0.2) is 18.2 Å². The van der Waals surface area contributed by atoms with Gasteiger partial charge in [-0.1, -0.05) is 32.1 Å². The van der Waals surface area contributed by atoms with E-state index in [2.05, 4.69) is 10.6 Å². The molecule has 2 N–H and O–H groups in total. The second kappa shape index (κ2) is 9.47. The van der Waals surface area contributed by atoms with E-state index in [-0.39, 0.29) is 11.0 Å². The highest BCUT2D eigenvalue weighted by Crippen LogP contribution is 2.29. The molecule has 6 heteroatoms.